The number of allylic oxidation sites excluding steroid dienone is 1. The summed E-state index contributed by atoms with van der Waals surface area (Å²) in [7, 11) is 1.50. The molecular weight excluding hydrogens is 218 g/mol. The van der Waals surface area contributed by atoms with Gasteiger partial charge in [-0.25, -0.2) is 4.79 Å². The average molecular weight is 232 g/mol. The quantitative estimate of drug-likeness (QED) is 0.546. The lowest BCUT2D eigenvalue weighted by Crippen LogP contribution is -2.24. The van der Waals surface area contributed by atoms with Gasteiger partial charge in [0.2, 0.25) is 5.91 Å². The third kappa shape index (κ3) is 3.75. The number of carbonyl (C=O) groups is 2. The Hall–Kier alpha value is -1.29. The second kappa shape index (κ2) is 6.24. The van der Waals surface area contributed by atoms with Gasteiger partial charge < -0.3 is 9.64 Å². The molecule has 1 amide bonds. The van der Waals surface area contributed by atoms with Crippen LogP contribution in [0, 0.1) is 0 Å². The number of hydrogen-bond acceptors (Lipinski definition) is 3. The molecule has 0 radical (unpaired) electrons. The summed E-state index contributed by atoms with van der Waals surface area (Å²) in [5, 5.41) is -0.102. The molecule has 0 aliphatic heterocycles. The SMILES string of the molecule is C=CC(=O)N(C)C(C)=C(Cl)C(=O)OCC. The van der Waals surface area contributed by atoms with Crippen LogP contribution in [-0.2, 0) is 14.3 Å². The van der Waals surface area contributed by atoms with E-state index in [0.717, 1.165) is 6.08 Å². The predicted molar refractivity (Wildman–Crippen MR) is 58.2 cm³/mol. The summed E-state index contributed by atoms with van der Waals surface area (Å²) in [5.41, 5.74) is 0.333. The van der Waals surface area contributed by atoms with Crippen molar-refractivity contribution in [2.24, 2.45) is 0 Å². The van der Waals surface area contributed by atoms with E-state index in [1.807, 2.05) is 0 Å². The number of rotatable bonds is 4. The van der Waals surface area contributed by atoms with Crippen molar-refractivity contribution < 1.29 is 14.3 Å². The molecule has 0 atom stereocenters. The van der Waals surface area contributed by atoms with Gasteiger partial charge >= 0.3 is 5.97 Å². The second-order valence-electron chi connectivity index (χ2n) is 2.72. The van der Waals surface area contributed by atoms with Gasteiger partial charge in [0, 0.05) is 12.7 Å². The number of nitrogens with zero attached hydrogens (tertiary/aromatic N) is 1. The minimum absolute atomic E-state index is 0.102. The van der Waals surface area contributed by atoms with E-state index in [-0.39, 0.29) is 17.5 Å². The van der Waals surface area contributed by atoms with Gasteiger partial charge in [-0.05, 0) is 19.9 Å². The summed E-state index contributed by atoms with van der Waals surface area (Å²) in [5.74, 6) is -0.977. The summed E-state index contributed by atoms with van der Waals surface area (Å²) >= 11 is 5.73. The number of hydrogen-bond donors (Lipinski definition) is 0. The zero-order chi connectivity index (χ0) is 12.0. The number of esters is 1. The van der Waals surface area contributed by atoms with Crippen LogP contribution in [0.5, 0.6) is 0 Å². The molecule has 0 bridgehead atoms. The van der Waals surface area contributed by atoms with Gasteiger partial charge in [0.15, 0.2) is 0 Å². The molecule has 0 saturated heterocycles. The van der Waals surface area contributed by atoms with E-state index in [1.54, 1.807) is 13.8 Å². The van der Waals surface area contributed by atoms with Gasteiger partial charge in [-0.1, -0.05) is 18.2 Å². The first-order valence-corrected chi connectivity index (χ1v) is 4.77. The number of ether oxygens (including phenoxy) is 1. The number of halogens is 1. The highest BCUT2D eigenvalue weighted by atomic mass is 35.5. The van der Waals surface area contributed by atoms with Crippen LogP contribution in [0.4, 0.5) is 0 Å². The molecule has 0 heterocycles. The fourth-order valence-corrected chi connectivity index (χ4v) is 0.973. The van der Waals surface area contributed by atoms with Crippen molar-refractivity contribution in [2.45, 2.75) is 13.8 Å². The van der Waals surface area contributed by atoms with Crippen LogP contribution in [0.25, 0.3) is 0 Å². The first kappa shape index (κ1) is 13.7. The van der Waals surface area contributed by atoms with Crippen LogP contribution < -0.4 is 0 Å². The van der Waals surface area contributed by atoms with E-state index in [9.17, 15) is 9.59 Å². The standard InChI is InChI=1S/C10H14ClNO3/c1-5-8(13)12(4)7(3)9(11)10(14)15-6-2/h5H,1,6H2,2-4H3. The van der Waals surface area contributed by atoms with Crippen LogP contribution in [0.3, 0.4) is 0 Å². The van der Waals surface area contributed by atoms with Crippen LogP contribution in [0.1, 0.15) is 13.8 Å². The van der Waals surface area contributed by atoms with Crippen molar-refractivity contribution in [1.29, 1.82) is 0 Å². The van der Waals surface area contributed by atoms with Crippen LogP contribution >= 0.6 is 11.6 Å². The molecule has 0 N–H and O–H groups in total. The van der Waals surface area contributed by atoms with Crippen molar-refractivity contribution >= 4 is 23.5 Å². The smallest absolute Gasteiger partial charge is 0.351 e. The topological polar surface area (TPSA) is 46.6 Å². The lowest BCUT2D eigenvalue weighted by Gasteiger charge is -2.16. The Labute approximate surface area is 94.1 Å². The molecule has 84 valence electrons. The molecule has 5 heteroatoms. The Bertz CT molecular complexity index is 310. The van der Waals surface area contributed by atoms with Crippen LogP contribution in [0.2, 0.25) is 0 Å². The number of likely N-dealkylation sites (N-methyl/N-ethyl adjacent to an activating group) is 1. The molecule has 0 spiro atoms. The first-order valence-electron chi connectivity index (χ1n) is 4.39. The molecule has 0 aromatic rings. The zero-order valence-corrected chi connectivity index (χ0v) is 9.80. The molecule has 0 aromatic heterocycles. The fourth-order valence-electron chi connectivity index (χ4n) is 0.792. The molecular formula is C10H14ClNO3. The Morgan fingerprint density at radius 3 is 2.47 bits per heavy atom. The highest BCUT2D eigenvalue weighted by Crippen LogP contribution is 2.14. The van der Waals surface area contributed by atoms with E-state index < -0.39 is 5.97 Å². The molecule has 0 aliphatic carbocycles. The summed E-state index contributed by atoms with van der Waals surface area (Å²) in [6.07, 6.45) is 1.14. The minimum Gasteiger partial charge on any atom is -0.462 e. The third-order valence-corrected chi connectivity index (χ3v) is 2.21. The summed E-state index contributed by atoms with van der Waals surface area (Å²) in [6.45, 7) is 6.80. The van der Waals surface area contributed by atoms with Gasteiger partial charge in [-0.15, -0.1) is 0 Å². The van der Waals surface area contributed by atoms with E-state index >= 15 is 0 Å². The van der Waals surface area contributed by atoms with Crippen molar-refractivity contribution in [2.75, 3.05) is 13.7 Å². The third-order valence-electron chi connectivity index (χ3n) is 1.78. The average Bonchev–Trinajstić information content (AvgIpc) is 2.25. The maximum Gasteiger partial charge on any atom is 0.351 e. The van der Waals surface area contributed by atoms with Gasteiger partial charge in [0.25, 0.3) is 0 Å². The first-order chi connectivity index (χ1) is 6.95. The number of carbonyl (C=O) groups excluding carboxylic acids is 2. The normalized spacial score (nSPS) is 11.5. The van der Waals surface area contributed by atoms with Gasteiger partial charge in [-0.2, -0.15) is 0 Å². The molecule has 0 aromatic carbocycles. The zero-order valence-electron chi connectivity index (χ0n) is 9.04. The molecule has 4 nitrogen and oxygen atoms in total. The summed E-state index contributed by atoms with van der Waals surface area (Å²) < 4.78 is 4.70. The van der Waals surface area contributed by atoms with Gasteiger partial charge in [0.05, 0.1) is 6.61 Å². The largest absolute Gasteiger partial charge is 0.462 e. The monoisotopic (exact) mass is 231 g/mol. The van der Waals surface area contributed by atoms with Crippen molar-refractivity contribution in [1.82, 2.24) is 4.90 Å². The van der Waals surface area contributed by atoms with Crippen molar-refractivity contribution in [3.05, 3.63) is 23.4 Å². The minimum atomic E-state index is -0.639. The lowest BCUT2D eigenvalue weighted by molar-refractivity contribution is -0.137. The lowest BCUT2D eigenvalue weighted by atomic mass is 10.3. The highest BCUT2D eigenvalue weighted by molar-refractivity contribution is 6.41. The fraction of sp³-hybridized carbons (Fsp3) is 0.400. The maximum atomic E-state index is 11.2. The Balaban J connectivity index is 4.84. The Kier molecular flexibility index (Phi) is 5.70. The maximum absolute atomic E-state index is 11.2. The van der Waals surface area contributed by atoms with E-state index in [1.165, 1.54) is 11.9 Å². The molecule has 0 fully saturated rings. The van der Waals surface area contributed by atoms with E-state index in [0.29, 0.717) is 5.70 Å². The van der Waals surface area contributed by atoms with Crippen LogP contribution in [-0.4, -0.2) is 30.4 Å². The molecule has 0 saturated carbocycles. The number of amides is 1. The Morgan fingerprint density at radius 1 is 1.53 bits per heavy atom. The van der Waals surface area contributed by atoms with E-state index in [4.69, 9.17) is 16.3 Å². The van der Waals surface area contributed by atoms with Gasteiger partial charge in [-0.3, -0.25) is 4.79 Å². The summed E-state index contributed by atoms with van der Waals surface area (Å²) in [6, 6.07) is 0. The molecule has 15 heavy (non-hydrogen) atoms. The molecule has 0 rings (SSSR count). The molecule has 0 unspecified atom stereocenters. The van der Waals surface area contributed by atoms with Crippen LogP contribution in [0.15, 0.2) is 23.4 Å². The summed E-state index contributed by atoms with van der Waals surface area (Å²) in [4.78, 5) is 23.7. The Morgan fingerprint density at radius 2 is 2.07 bits per heavy atom. The predicted octanol–water partition coefficient (Wildman–Crippen LogP) is 1.66. The highest BCUT2D eigenvalue weighted by Gasteiger charge is 2.16. The van der Waals surface area contributed by atoms with Gasteiger partial charge in [0.1, 0.15) is 5.03 Å². The van der Waals surface area contributed by atoms with E-state index in [2.05, 4.69) is 6.58 Å². The van der Waals surface area contributed by atoms with Crippen molar-refractivity contribution in [3.63, 3.8) is 0 Å². The second-order valence-corrected chi connectivity index (χ2v) is 3.10. The van der Waals surface area contributed by atoms with Crippen molar-refractivity contribution in [3.8, 4) is 0 Å². The molecule has 0 aliphatic rings.